The predicted octanol–water partition coefficient (Wildman–Crippen LogP) is 3.64. The van der Waals surface area contributed by atoms with Crippen molar-refractivity contribution in [3.8, 4) is 11.5 Å². The number of halogens is 1. The minimum Gasteiger partial charge on any atom is -0.454 e. The molecule has 3 rings (SSSR count). The number of esters is 1. The first-order valence-electron chi connectivity index (χ1n) is 8.25. The molecular weight excluding hydrogens is 374 g/mol. The summed E-state index contributed by atoms with van der Waals surface area (Å²) in [6.07, 6.45) is -1.06. The van der Waals surface area contributed by atoms with Crippen LogP contribution in [0.25, 0.3) is 0 Å². The molecule has 0 radical (unpaired) electrons. The third-order valence-electron chi connectivity index (χ3n) is 4.35. The zero-order valence-corrected chi connectivity index (χ0v) is 16.0. The van der Waals surface area contributed by atoms with Gasteiger partial charge < -0.3 is 19.2 Å². The Morgan fingerprint density at radius 3 is 2.56 bits per heavy atom. The predicted molar refractivity (Wildman–Crippen MR) is 97.1 cm³/mol. The van der Waals surface area contributed by atoms with Gasteiger partial charge in [-0.3, -0.25) is 9.59 Å². The van der Waals surface area contributed by atoms with Gasteiger partial charge in [0.15, 0.2) is 23.4 Å². The van der Waals surface area contributed by atoms with E-state index in [2.05, 4.69) is 4.98 Å². The Kier molecular flexibility index (Phi) is 4.97. The SMILES string of the molecule is CC(=O)c1c(C)[nH]c(C(=O)[C@H](C)OC(=O)c2cc(Cl)c3c(c2)OCO3)c1C. The number of hydrogen-bond donors (Lipinski definition) is 1. The van der Waals surface area contributed by atoms with Crippen LogP contribution in [0.2, 0.25) is 5.02 Å². The van der Waals surface area contributed by atoms with Crippen molar-refractivity contribution in [3.05, 3.63) is 45.2 Å². The largest absolute Gasteiger partial charge is 0.454 e. The number of nitrogens with one attached hydrogen (secondary N) is 1. The van der Waals surface area contributed by atoms with Crippen molar-refractivity contribution in [1.29, 1.82) is 0 Å². The van der Waals surface area contributed by atoms with Crippen molar-refractivity contribution in [3.63, 3.8) is 0 Å². The van der Waals surface area contributed by atoms with E-state index >= 15 is 0 Å². The molecule has 1 aromatic heterocycles. The maximum absolute atomic E-state index is 12.7. The maximum Gasteiger partial charge on any atom is 0.339 e. The van der Waals surface area contributed by atoms with Crippen LogP contribution in [0.3, 0.4) is 0 Å². The van der Waals surface area contributed by atoms with Crippen LogP contribution in [0.15, 0.2) is 12.1 Å². The minimum absolute atomic E-state index is 0.0202. The van der Waals surface area contributed by atoms with Gasteiger partial charge in [0, 0.05) is 11.3 Å². The van der Waals surface area contributed by atoms with Crippen molar-refractivity contribution in [1.82, 2.24) is 4.98 Å². The monoisotopic (exact) mass is 391 g/mol. The first-order chi connectivity index (χ1) is 12.7. The summed E-state index contributed by atoms with van der Waals surface area (Å²) in [5, 5.41) is 0.220. The molecular formula is C19H18ClNO6. The number of carbonyl (C=O) groups is 3. The Morgan fingerprint density at radius 1 is 1.22 bits per heavy atom. The highest BCUT2D eigenvalue weighted by atomic mass is 35.5. The molecule has 8 heteroatoms. The number of benzene rings is 1. The summed E-state index contributed by atoms with van der Waals surface area (Å²) < 4.78 is 15.7. The average molecular weight is 392 g/mol. The number of rotatable bonds is 5. The molecule has 0 unspecified atom stereocenters. The van der Waals surface area contributed by atoms with Gasteiger partial charge in [0.2, 0.25) is 12.6 Å². The van der Waals surface area contributed by atoms with Gasteiger partial charge in [-0.2, -0.15) is 0 Å². The third kappa shape index (κ3) is 3.42. The molecule has 2 heterocycles. The van der Waals surface area contributed by atoms with Crippen molar-refractivity contribution in [2.45, 2.75) is 33.8 Å². The normalized spacial score (nSPS) is 13.4. The standard InChI is InChI=1S/C19H18ClNO6/c1-8-15(10(3)22)9(2)21-16(8)17(23)11(4)27-19(24)12-5-13(20)18-14(6-12)25-7-26-18/h5-6,11,21H,7H2,1-4H3/t11-/m0/s1. The Labute approximate surface area is 160 Å². The van der Waals surface area contributed by atoms with Crippen molar-refractivity contribution in [2.24, 2.45) is 0 Å². The van der Waals surface area contributed by atoms with Crippen LogP contribution in [0.4, 0.5) is 0 Å². The minimum atomic E-state index is -1.06. The molecule has 142 valence electrons. The number of fused-ring (bicyclic) bond motifs is 1. The lowest BCUT2D eigenvalue weighted by Crippen LogP contribution is -2.25. The zero-order valence-electron chi connectivity index (χ0n) is 15.3. The number of aryl methyl sites for hydroxylation is 1. The van der Waals surface area contributed by atoms with E-state index in [0.29, 0.717) is 28.3 Å². The van der Waals surface area contributed by atoms with Crippen molar-refractivity contribution < 1.29 is 28.6 Å². The smallest absolute Gasteiger partial charge is 0.339 e. The van der Waals surface area contributed by atoms with Gasteiger partial charge in [0.25, 0.3) is 0 Å². The molecule has 2 aromatic rings. The molecule has 0 saturated carbocycles. The molecule has 0 aliphatic carbocycles. The fourth-order valence-corrected chi connectivity index (χ4v) is 3.36. The van der Waals surface area contributed by atoms with Gasteiger partial charge >= 0.3 is 5.97 Å². The van der Waals surface area contributed by atoms with E-state index in [1.165, 1.54) is 26.0 Å². The summed E-state index contributed by atoms with van der Waals surface area (Å²) in [5.74, 6) is -0.575. The fourth-order valence-electron chi connectivity index (χ4n) is 3.10. The highest BCUT2D eigenvalue weighted by Crippen LogP contribution is 2.40. The summed E-state index contributed by atoms with van der Waals surface area (Å²) in [6.45, 7) is 6.32. The number of ether oxygens (including phenoxy) is 3. The van der Waals surface area contributed by atoms with Crippen molar-refractivity contribution in [2.75, 3.05) is 6.79 Å². The van der Waals surface area contributed by atoms with E-state index in [1.54, 1.807) is 13.8 Å². The lowest BCUT2D eigenvalue weighted by atomic mass is 10.0. The molecule has 27 heavy (non-hydrogen) atoms. The summed E-state index contributed by atoms with van der Waals surface area (Å²) in [5.41, 5.74) is 2.01. The number of H-pyrrole nitrogens is 1. The highest BCUT2D eigenvalue weighted by Gasteiger charge is 2.27. The van der Waals surface area contributed by atoms with Crippen molar-refractivity contribution >= 4 is 29.1 Å². The Hall–Kier alpha value is -2.80. The van der Waals surface area contributed by atoms with E-state index in [0.717, 1.165) is 0 Å². The molecule has 1 atom stereocenters. The van der Waals surface area contributed by atoms with Gasteiger partial charge in [-0.05, 0) is 45.4 Å². The number of Topliss-reactive ketones (excluding diaryl/α,β-unsaturated/α-hetero) is 2. The molecule has 1 aliphatic rings. The van der Waals surface area contributed by atoms with Crippen LogP contribution >= 0.6 is 11.6 Å². The third-order valence-corrected chi connectivity index (χ3v) is 4.63. The van der Waals surface area contributed by atoms with E-state index in [9.17, 15) is 14.4 Å². The number of hydrogen-bond acceptors (Lipinski definition) is 6. The Bertz CT molecular complexity index is 962. The summed E-state index contributed by atoms with van der Waals surface area (Å²) in [7, 11) is 0. The van der Waals surface area contributed by atoms with Gasteiger partial charge in [-0.1, -0.05) is 11.6 Å². The molecule has 0 spiro atoms. The lowest BCUT2D eigenvalue weighted by Gasteiger charge is -2.13. The lowest BCUT2D eigenvalue weighted by molar-refractivity contribution is 0.0316. The number of ketones is 2. The number of carbonyl (C=O) groups excluding carboxylic acids is 3. The van der Waals surface area contributed by atoms with E-state index < -0.39 is 17.9 Å². The van der Waals surface area contributed by atoms with Crippen LogP contribution < -0.4 is 9.47 Å². The van der Waals surface area contributed by atoms with E-state index in [1.807, 2.05) is 0 Å². The van der Waals surface area contributed by atoms with Crippen LogP contribution in [0.1, 0.15) is 56.3 Å². The first-order valence-corrected chi connectivity index (χ1v) is 8.63. The maximum atomic E-state index is 12.7. The number of aromatic nitrogens is 1. The Morgan fingerprint density at radius 2 is 1.93 bits per heavy atom. The molecule has 7 nitrogen and oxygen atoms in total. The summed E-state index contributed by atoms with van der Waals surface area (Å²) in [6, 6.07) is 2.85. The van der Waals surface area contributed by atoms with Crippen LogP contribution in [0.5, 0.6) is 11.5 Å². The molecule has 0 amide bonds. The summed E-state index contributed by atoms with van der Waals surface area (Å²) in [4.78, 5) is 39.7. The van der Waals surface area contributed by atoms with Gasteiger partial charge in [0.1, 0.15) is 0 Å². The number of aromatic amines is 1. The van der Waals surface area contributed by atoms with Gasteiger partial charge in [-0.25, -0.2) is 4.79 Å². The van der Waals surface area contributed by atoms with E-state index in [4.69, 9.17) is 25.8 Å². The van der Waals surface area contributed by atoms with Crippen LogP contribution in [-0.4, -0.2) is 35.4 Å². The average Bonchev–Trinajstić information content (AvgIpc) is 3.18. The van der Waals surface area contributed by atoms with Crippen LogP contribution in [0, 0.1) is 13.8 Å². The van der Waals surface area contributed by atoms with Gasteiger partial charge in [0.05, 0.1) is 16.3 Å². The van der Waals surface area contributed by atoms with E-state index in [-0.39, 0.29) is 28.9 Å². The second kappa shape index (κ2) is 7.08. The molecule has 0 saturated heterocycles. The Balaban J connectivity index is 1.79. The molecule has 1 aliphatic heterocycles. The first kappa shape index (κ1) is 19.0. The molecule has 0 fully saturated rings. The molecule has 1 N–H and O–H groups in total. The molecule has 0 bridgehead atoms. The topological polar surface area (TPSA) is 94.7 Å². The zero-order chi connectivity index (χ0) is 19.9. The second-order valence-electron chi connectivity index (χ2n) is 6.28. The molecule has 1 aromatic carbocycles. The second-order valence-corrected chi connectivity index (χ2v) is 6.69. The quantitative estimate of drug-likeness (QED) is 0.617. The fraction of sp³-hybridized carbons (Fsp3) is 0.316. The summed E-state index contributed by atoms with van der Waals surface area (Å²) >= 11 is 6.07. The van der Waals surface area contributed by atoms with Gasteiger partial charge in [-0.15, -0.1) is 0 Å². The highest BCUT2D eigenvalue weighted by molar-refractivity contribution is 6.32. The van der Waals surface area contributed by atoms with Crippen LogP contribution in [-0.2, 0) is 4.74 Å².